The third-order valence-electron chi connectivity index (χ3n) is 3.27. The van der Waals surface area contributed by atoms with Crippen LogP contribution in [-0.4, -0.2) is 0 Å². The van der Waals surface area contributed by atoms with Crippen LogP contribution in [0.5, 0.6) is 0 Å². The molecule has 78 valence electrons. The van der Waals surface area contributed by atoms with Crippen LogP contribution in [0.3, 0.4) is 0 Å². The summed E-state index contributed by atoms with van der Waals surface area (Å²) in [6.45, 7) is 6.64. The Labute approximate surface area is 92.3 Å². The van der Waals surface area contributed by atoms with Gasteiger partial charge in [0.15, 0.2) is 0 Å². The van der Waals surface area contributed by atoms with Crippen molar-refractivity contribution < 1.29 is 0 Å². The summed E-state index contributed by atoms with van der Waals surface area (Å²) in [4.78, 5) is 0. The Balaban J connectivity index is 2.29. The van der Waals surface area contributed by atoms with Gasteiger partial charge in [0.05, 0.1) is 0 Å². The zero-order chi connectivity index (χ0) is 10.8. The Kier molecular flexibility index (Phi) is 2.77. The van der Waals surface area contributed by atoms with Crippen LogP contribution in [-0.2, 0) is 0 Å². The molecule has 1 atom stereocenters. The monoisotopic (exact) mass is 198 g/mol. The van der Waals surface area contributed by atoms with Crippen LogP contribution >= 0.6 is 0 Å². The molecule has 0 heterocycles. The number of benzene rings is 1. The van der Waals surface area contributed by atoms with E-state index in [0.29, 0.717) is 5.92 Å². The minimum absolute atomic E-state index is 0.686. The molecule has 0 bridgehead atoms. The maximum atomic E-state index is 2.30. The van der Waals surface area contributed by atoms with E-state index in [2.05, 4.69) is 57.2 Å². The SMILES string of the molecule is CC1=CC=C(c2ccc(C)cc2)CC1C. The average molecular weight is 198 g/mol. The fourth-order valence-corrected chi connectivity index (χ4v) is 1.94. The van der Waals surface area contributed by atoms with Gasteiger partial charge in [-0.3, -0.25) is 0 Å². The molecule has 0 radical (unpaired) electrons. The molecule has 15 heavy (non-hydrogen) atoms. The summed E-state index contributed by atoms with van der Waals surface area (Å²) in [6, 6.07) is 8.82. The maximum absolute atomic E-state index is 2.30. The molecule has 0 N–H and O–H groups in total. The van der Waals surface area contributed by atoms with E-state index in [1.807, 2.05) is 0 Å². The van der Waals surface area contributed by atoms with E-state index in [0.717, 1.165) is 0 Å². The average Bonchev–Trinajstić information content (AvgIpc) is 2.23. The molecule has 0 spiro atoms. The van der Waals surface area contributed by atoms with Gasteiger partial charge in [-0.1, -0.05) is 54.5 Å². The lowest BCUT2D eigenvalue weighted by Crippen LogP contribution is -2.02. The second-order valence-electron chi connectivity index (χ2n) is 4.57. The van der Waals surface area contributed by atoms with Crippen molar-refractivity contribution in [1.82, 2.24) is 0 Å². The molecule has 1 aliphatic rings. The first kappa shape index (κ1) is 10.2. The molecule has 1 aliphatic carbocycles. The summed E-state index contributed by atoms with van der Waals surface area (Å²) in [5.41, 5.74) is 5.66. The molecule has 2 rings (SSSR count). The summed E-state index contributed by atoms with van der Waals surface area (Å²) >= 11 is 0. The maximum Gasteiger partial charge on any atom is -0.0191 e. The van der Waals surface area contributed by atoms with Crippen LogP contribution in [0.25, 0.3) is 5.57 Å². The highest BCUT2D eigenvalue weighted by Crippen LogP contribution is 2.30. The zero-order valence-electron chi connectivity index (χ0n) is 9.75. The molecule has 0 saturated carbocycles. The molecular formula is C15H18. The Bertz CT molecular complexity index is 404. The Morgan fingerprint density at radius 1 is 1.00 bits per heavy atom. The number of rotatable bonds is 1. The van der Waals surface area contributed by atoms with Crippen LogP contribution in [0, 0.1) is 12.8 Å². The second kappa shape index (κ2) is 4.06. The van der Waals surface area contributed by atoms with Crippen molar-refractivity contribution in [2.75, 3.05) is 0 Å². The normalized spacial score (nSPS) is 20.9. The van der Waals surface area contributed by atoms with Gasteiger partial charge >= 0.3 is 0 Å². The van der Waals surface area contributed by atoms with Crippen molar-refractivity contribution in [1.29, 1.82) is 0 Å². The summed E-state index contributed by atoms with van der Waals surface area (Å²) < 4.78 is 0. The first-order valence-corrected chi connectivity index (χ1v) is 5.61. The van der Waals surface area contributed by atoms with Crippen LogP contribution < -0.4 is 0 Å². The van der Waals surface area contributed by atoms with Crippen molar-refractivity contribution in [2.24, 2.45) is 5.92 Å². The van der Waals surface area contributed by atoms with E-state index < -0.39 is 0 Å². The minimum Gasteiger partial charge on any atom is -0.0702 e. The van der Waals surface area contributed by atoms with E-state index in [9.17, 15) is 0 Å². The van der Waals surface area contributed by atoms with Gasteiger partial charge in [0, 0.05) is 0 Å². The molecule has 0 aromatic heterocycles. The topological polar surface area (TPSA) is 0 Å². The summed E-state index contributed by atoms with van der Waals surface area (Å²) in [5.74, 6) is 0.686. The van der Waals surface area contributed by atoms with Gasteiger partial charge in [-0.2, -0.15) is 0 Å². The van der Waals surface area contributed by atoms with Crippen LogP contribution in [0.15, 0.2) is 42.0 Å². The zero-order valence-corrected chi connectivity index (χ0v) is 9.75. The predicted molar refractivity (Wildman–Crippen MR) is 66.7 cm³/mol. The lowest BCUT2D eigenvalue weighted by atomic mass is 9.86. The third kappa shape index (κ3) is 2.20. The highest BCUT2D eigenvalue weighted by Gasteiger charge is 2.12. The molecule has 1 aromatic carbocycles. The first-order valence-electron chi connectivity index (χ1n) is 5.61. The lowest BCUT2D eigenvalue weighted by Gasteiger charge is -2.19. The van der Waals surface area contributed by atoms with Crippen LogP contribution in [0.4, 0.5) is 0 Å². The Morgan fingerprint density at radius 3 is 2.27 bits per heavy atom. The van der Waals surface area contributed by atoms with Gasteiger partial charge in [-0.05, 0) is 37.3 Å². The van der Waals surface area contributed by atoms with Gasteiger partial charge in [-0.25, -0.2) is 0 Å². The summed E-state index contributed by atoms with van der Waals surface area (Å²) in [6.07, 6.45) is 5.69. The Hall–Kier alpha value is -1.30. The highest BCUT2D eigenvalue weighted by molar-refractivity contribution is 5.69. The second-order valence-corrected chi connectivity index (χ2v) is 4.57. The van der Waals surface area contributed by atoms with Crippen molar-refractivity contribution in [3.63, 3.8) is 0 Å². The number of allylic oxidation sites excluding steroid dienone is 4. The summed E-state index contributed by atoms with van der Waals surface area (Å²) in [5, 5.41) is 0. The largest absolute Gasteiger partial charge is 0.0702 e. The van der Waals surface area contributed by atoms with Crippen LogP contribution in [0.2, 0.25) is 0 Å². The van der Waals surface area contributed by atoms with Gasteiger partial charge in [0.25, 0.3) is 0 Å². The van der Waals surface area contributed by atoms with Crippen molar-refractivity contribution >= 4 is 5.57 Å². The molecule has 0 fully saturated rings. The van der Waals surface area contributed by atoms with E-state index in [4.69, 9.17) is 0 Å². The standard InChI is InChI=1S/C15H18/c1-11-4-7-14(8-5-11)15-9-6-12(2)13(3)10-15/h4-9,13H,10H2,1-3H3. The highest BCUT2D eigenvalue weighted by atomic mass is 14.2. The van der Waals surface area contributed by atoms with Crippen molar-refractivity contribution in [3.05, 3.63) is 53.1 Å². The van der Waals surface area contributed by atoms with E-state index in [1.165, 1.54) is 28.7 Å². The van der Waals surface area contributed by atoms with Gasteiger partial charge < -0.3 is 0 Å². The van der Waals surface area contributed by atoms with Crippen molar-refractivity contribution in [3.8, 4) is 0 Å². The first-order chi connectivity index (χ1) is 7.16. The lowest BCUT2D eigenvalue weighted by molar-refractivity contribution is 0.697. The third-order valence-corrected chi connectivity index (χ3v) is 3.27. The van der Waals surface area contributed by atoms with E-state index in [-0.39, 0.29) is 0 Å². The van der Waals surface area contributed by atoms with E-state index in [1.54, 1.807) is 0 Å². The van der Waals surface area contributed by atoms with Crippen LogP contribution in [0.1, 0.15) is 31.4 Å². The van der Waals surface area contributed by atoms with Gasteiger partial charge in [0.1, 0.15) is 0 Å². The molecular weight excluding hydrogens is 180 g/mol. The number of aryl methyl sites for hydroxylation is 1. The predicted octanol–water partition coefficient (Wildman–Crippen LogP) is 4.36. The number of hydrogen-bond acceptors (Lipinski definition) is 0. The molecule has 0 nitrogen and oxygen atoms in total. The summed E-state index contributed by atoms with van der Waals surface area (Å²) in [7, 11) is 0. The molecule has 0 saturated heterocycles. The Morgan fingerprint density at radius 2 is 1.67 bits per heavy atom. The number of hydrogen-bond donors (Lipinski definition) is 0. The van der Waals surface area contributed by atoms with Gasteiger partial charge in [0.2, 0.25) is 0 Å². The van der Waals surface area contributed by atoms with E-state index >= 15 is 0 Å². The fraction of sp³-hybridized carbons (Fsp3) is 0.333. The molecule has 0 amide bonds. The minimum atomic E-state index is 0.686. The quantitative estimate of drug-likeness (QED) is 0.628. The molecule has 1 aromatic rings. The molecule has 1 unspecified atom stereocenters. The fourth-order valence-electron chi connectivity index (χ4n) is 1.94. The van der Waals surface area contributed by atoms with Crippen molar-refractivity contribution in [2.45, 2.75) is 27.2 Å². The molecule has 0 heteroatoms. The smallest absolute Gasteiger partial charge is 0.0191 e. The van der Waals surface area contributed by atoms with Gasteiger partial charge in [-0.15, -0.1) is 0 Å². The molecule has 0 aliphatic heterocycles.